The van der Waals surface area contributed by atoms with E-state index in [1.807, 2.05) is 36.4 Å². The van der Waals surface area contributed by atoms with Gasteiger partial charge in [-0.15, -0.1) is 0 Å². The van der Waals surface area contributed by atoms with Crippen molar-refractivity contribution >= 4 is 34.5 Å². The van der Waals surface area contributed by atoms with Gasteiger partial charge in [-0.2, -0.15) is 0 Å². The molecule has 1 aromatic carbocycles. The van der Waals surface area contributed by atoms with Crippen LogP contribution in [0.5, 0.6) is 0 Å². The molecule has 5 heterocycles. The summed E-state index contributed by atoms with van der Waals surface area (Å²) < 4.78 is 26.7. The van der Waals surface area contributed by atoms with Crippen molar-refractivity contribution in [2.45, 2.75) is 38.2 Å². The van der Waals surface area contributed by atoms with Gasteiger partial charge in [-0.3, -0.25) is 9.69 Å². The summed E-state index contributed by atoms with van der Waals surface area (Å²) in [7, 11) is 0. The first-order valence-corrected chi connectivity index (χ1v) is 14.5. The number of piperazine rings is 1. The Bertz CT molecular complexity index is 1610. The maximum absolute atomic E-state index is 13.3. The summed E-state index contributed by atoms with van der Waals surface area (Å²) in [5.74, 6) is -2.15. The van der Waals surface area contributed by atoms with Crippen LogP contribution in [0.15, 0.2) is 48.9 Å². The maximum atomic E-state index is 13.3. The number of amides is 1. The van der Waals surface area contributed by atoms with Crippen molar-refractivity contribution in [2.75, 3.05) is 49.5 Å². The molecule has 1 amide bonds. The maximum Gasteiger partial charge on any atom is 0.260 e. The van der Waals surface area contributed by atoms with Crippen LogP contribution in [0.2, 0.25) is 0 Å². The Morgan fingerprint density at radius 1 is 1.02 bits per heavy atom. The molecule has 0 radical (unpaired) electrons. The van der Waals surface area contributed by atoms with Crippen LogP contribution in [0.4, 0.5) is 26.4 Å². The second-order valence-corrected chi connectivity index (χ2v) is 11.4. The summed E-state index contributed by atoms with van der Waals surface area (Å²) in [6.07, 6.45) is 5.45. The molecule has 0 spiro atoms. The number of hydrogen-bond donors (Lipinski definition) is 2. The number of alkyl halides is 2. The van der Waals surface area contributed by atoms with Gasteiger partial charge >= 0.3 is 0 Å². The molecular weight excluding hydrogens is 540 g/mol. The molecular formula is C30H33F2N9O. The summed E-state index contributed by atoms with van der Waals surface area (Å²) in [6, 6.07) is 12.1. The molecule has 10 nitrogen and oxygen atoms in total. The van der Waals surface area contributed by atoms with Crippen molar-refractivity contribution in [3.8, 4) is 11.3 Å². The number of fused-ring (bicyclic) bond motifs is 1. The fourth-order valence-electron chi connectivity index (χ4n) is 5.99. The van der Waals surface area contributed by atoms with E-state index in [4.69, 9.17) is 4.98 Å². The van der Waals surface area contributed by atoms with Gasteiger partial charge in [0.1, 0.15) is 23.9 Å². The second kappa shape index (κ2) is 10.6. The van der Waals surface area contributed by atoms with Gasteiger partial charge in [-0.05, 0) is 49.6 Å². The number of aromatic nitrogens is 5. The van der Waals surface area contributed by atoms with Gasteiger partial charge in [-0.25, -0.2) is 28.7 Å². The van der Waals surface area contributed by atoms with Gasteiger partial charge < -0.3 is 20.1 Å². The molecule has 1 saturated carbocycles. The van der Waals surface area contributed by atoms with Crippen molar-refractivity contribution in [2.24, 2.45) is 5.92 Å². The summed E-state index contributed by atoms with van der Waals surface area (Å²) in [5, 5.41) is 3.29. The Balaban J connectivity index is 1.01. The lowest BCUT2D eigenvalue weighted by molar-refractivity contribution is -0.136. The van der Waals surface area contributed by atoms with Crippen LogP contribution in [0.25, 0.3) is 22.3 Å². The minimum atomic E-state index is -2.82. The highest BCUT2D eigenvalue weighted by atomic mass is 19.3. The van der Waals surface area contributed by atoms with Crippen molar-refractivity contribution in [1.29, 1.82) is 0 Å². The molecule has 3 aliphatic rings. The summed E-state index contributed by atoms with van der Waals surface area (Å²) in [5.41, 5.74) is 4.64. The third-order valence-corrected chi connectivity index (χ3v) is 8.67. The molecule has 12 heteroatoms. The number of nitrogens with one attached hydrogen (secondary N) is 2. The lowest BCUT2D eigenvalue weighted by Crippen LogP contribution is -2.50. The SMILES string of the molecule is CC(c1ccnc(Nc2nc3ccc(-c4cc(N5CCCC5)ncn4)cc3[nH]2)c1)N1CCN(C(=O)C2CC2(F)F)CC1. The van der Waals surface area contributed by atoms with E-state index in [0.29, 0.717) is 37.9 Å². The molecule has 2 aliphatic heterocycles. The first-order valence-electron chi connectivity index (χ1n) is 14.5. The van der Waals surface area contributed by atoms with Crippen molar-refractivity contribution < 1.29 is 13.6 Å². The van der Waals surface area contributed by atoms with Crippen LogP contribution >= 0.6 is 0 Å². The zero-order valence-electron chi connectivity index (χ0n) is 23.4. The van der Waals surface area contributed by atoms with Gasteiger partial charge in [0.05, 0.1) is 16.7 Å². The lowest BCUT2D eigenvalue weighted by Gasteiger charge is -2.38. The normalized spacial score (nSPS) is 21.1. The highest BCUT2D eigenvalue weighted by Gasteiger charge is 2.62. The molecule has 4 aromatic rings. The molecule has 2 unspecified atom stereocenters. The lowest BCUT2D eigenvalue weighted by atomic mass is 10.1. The smallest absolute Gasteiger partial charge is 0.260 e. The van der Waals surface area contributed by atoms with E-state index in [2.05, 4.69) is 42.0 Å². The minimum absolute atomic E-state index is 0.0738. The average molecular weight is 574 g/mol. The molecule has 3 aromatic heterocycles. The number of carbonyl (C=O) groups is 1. The zero-order chi connectivity index (χ0) is 28.8. The first kappa shape index (κ1) is 26.7. The predicted octanol–water partition coefficient (Wildman–Crippen LogP) is 4.62. The van der Waals surface area contributed by atoms with Gasteiger partial charge in [0, 0.05) is 69.6 Å². The van der Waals surface area contributed by atoms with Gasteiger partial charge in [0.15, 0.2) is 0 Å². The number of hydrogen-bond acceptors (Lipinski definition) is 8. The van der Waals surface area contributed by atoms with Crippen LogP contribution < -0.4 is 10.2 Å². The number of pyridine rings is 1. The van der Waals surface area contributed by atoms with E-state index in [0.717, 1.165) is 46.8 Å². The number of benzene rings is 1. The number of halogens is 2. The monoisotopic (exact) mass is 573 g/mol. The largest absolute Gasteiger partial charge is 0.357 e. The predicted molar refractivity (Wildman–Crippen MR) is 156 cm³/mol. The van der Waals surface area contributed by atoms with Crippen LogP contribution in [0.1, 0.15) is 37.8 Å². The van der Waals surface area contributed by atoms with Crippen molar-refractivity contribution in [3.05, 3.63) is 54.5 Å². The molecule has 2 N–H and O–H groups in total. The second-order valence-electron chi connectivity index (χ2n) is 11.4. The number of H-pyrrole nitrogens is 1. The van der Waals surface area contributed by atoms with E-state index in [-0.39, 0.29) is 12.5 Å². The fraction of sp³-hybridized carbons (Fsp3) is 0.433. The van der Waals surface area contributed by atoms with Gasteiger partial charge in [-0.1, -0.05) is 6.07 Å². The third-order valence-electron chi connectivity index (χ3n) is 8.67. The highest BCUT2D eigenvalue weighted by Crippen LogP contribution is 2.49. The Morgan fingerprint density at radius 2 is 1.81 bits per heavy atom. The summed E-state index contributed by atoms with van der Waals surface area (Å²) in [6.45, 7) is 6.35. The van der Waals surface area contributed by atoms with Gasteiger partial charge in [0.25, 0.3) is 5.92 Å². The fourth-order valence-corrected chi connectivity index (χ4v) is 5.99. The highest BCUT2D eigenvalue weighted by molar-refractivity contribution is 5.84. The number of aromatic amines is 1. The van der Waals surface area contributed by atoms with E-state index in [1.165, 1.54) is 12.8 Å². The first-order chi connectivity index (χ1) is 20.3. The number of rotatable bonds is 7. The van der Waals surface area contributed by atoms with E-state index in [9.17, 15) is 13.6 Å². The number of carbonyl (C=O) groups excluding carboxylic acids is 1. The van der Waals surface area contributed by atoms with Crippen LogP contribution in [0, 0.1) is 5.92 Å². The summed E-state index contributed by atoms with van der Waals surface area (Å²) >= 11 is 0. The molecule has 7 rings (SSSR count). The quantitative estimate of drug-likeness (QED) is 0.330. The number of nitrogens with zero attached hydrogens (tertiary/aromatic N) is 7. The molecule has 2 saturated heterocycles. The number of imidazole rings is 1. The Hall–Kier alpha value is -4.19. The Labute approximate surface area is 242 Å². The van der Waals surface area contributed by atoms with E-state index < -0.39 is 17.7 Å². The van der Waals surface area contributed by atoms with Crippen LogP contribution in [-0.4, -0.2) is 85.8 Å². The summed E-state index contributed by atoms with van der Waals surface area (Å²) in [4.78, 5) is 40.0. The molecule has 2 atom stereocenters. The van der Waals surface area contributed by atoms with E-state index in [1.54, 1.807) is 17.4 Å². The molecule has 0 bridgehead atoms. The topological polar surface area (TPSA) is 106 Å². The minimum Gasteiger partial charge on any atom is -0.357 e. The molecule has 3 fully saturated rings. The number of anilines is 3. The standard InChI is InChI=1S/C30H33F2N9O/c1-19(39-10-12-41(13-11-39)28(42)22-17-30(22,31)32)20-6-7-33-26(15-20)38-29-36-23-5-4-21(14-25(23)37-29)24-16-27(35-18-34-24)40-8-2-3-9-40/h4-7,14-16,18-19,22H,2-3,8-13,17H2,1H3,(H2,33,36,37,38). The van der Waals surface area contributed by atoms with Crippen molar-refractivity contribution in [3.63, 3.8) is 0 Å². The Kier molecular flexibility index (Phi) is 6.72. The molecule has 1 aliphatic carbocycles. The van der Waals surface area contributed by atoms with Gasteiger partial charge in [0.2, 0.25) is 11.9 Å². The molecule has 218 valence electrons. The van der Waals surface area contributed by atoms with Crippen molar-refractivity contribution in [1.82, 2.24) is 34.7 Å². The average Bonchev–Trinajstić information content (AvgIpc) is 3.36. The van der Waals surface area contributed by atoms with E-state index >= 15 is 0 Å². The Morgan fingerprint density at radius 3 is 2.57 bits per heavy atom. The third kappa shape index (κ3) is 5.26. The molecule has 42 heavy (non-hydrogen) atoms. The van der Waals surface area contributed by atoms with Crippen LogP contribution in [0.3, 0.4) is 0 Å². The van der Waals surface area contributed by atoms with Crippen LogP contribution in [-0.2, 0) is 4.79 Å². The zero-order valence-corrected chi connectivity index (χ0v) is 23.4.